The topological polar surface area (TPSA) is 29.5 Å². The molecule has 1 saturated heterocycles. The van der Waals surface area contributed by atoms with Crippen LogP contribution in [0.2, 0.25) is 0 Å². The zero-order chi connectivity index (χ0) is 11.2. The first-order chi connectivity index (χ1) is 7.84. The van der Waals surface area contributed by atoms with Crippen LogP contribution in [-0.2, 0) is 4.79 Å². The molecule has 0 atom stereocenters. The Morgan fingerprint density at radius 1 is 1.12 bits per heavy atom. The number of para-hydroxylation sites is 1. The summed E-state index contributed by atoms with van der Waals surface area (Å²) in [7, 11) is 0. The highest BCUT2D eigenvalue weighted by molar-refractivity contribution is 5.79. The first-order valence-electron chi connectivity index (χ1n) is 5.76. The molecular formula is C13H17NO2. The zero-order valence-electron chi connectivity index (χ0n) is 9.39. The number of carbonyl (C=O) groups excluding carboxylic acids is 1. The second kappa shape index (κ2) is 5.66. The molecule has 1 fully saturated rings. The van der Waals surface area contributed by atoms with Crippen molar-refractivity contribution in [1.29, 1.82) is 0 Å². The molecule has 1 heterocycles. The Morgan fingerprint density at radius 3 is 2.50 bits per heavy atom. The molecule has 0 spiro atoms. The number of benzene rings is 1. The molecule has 1 aliphatic rings. The van der Waals surface area contributed by atoms with Crippen LogP contribution in [0.1, 0.15) is 12.8 Å². The van der Waals surface area contributed by atoms with Gasteiger partial charge in [-0.1, -0.05) is 18.2 Å². The number of carbonyl (C=O) groups is 1. The van der Waals surface area contributed by atoms with Gasteiger partial charge in [0, 0.05) is 32.5 Å². The maximum absolute atomic E-state index is 11.0. The molecule has 0 N–H and O–H groups in total. The highest BCUT2D eigenvalue weighted by Crippen LogP contribution is 2.09. The molecule has 0 radical (unpaired) electrons. The van der Waals surface area contributed by atoms with E-state index >= 15 is 0 Å². The number of hydrogen-bond acceptors (Lipinski definition) is 3. The van der Waals surface area contributed by atoms with Crippen molar-refractivity contribution in [3.63, 3.8) is 0 Å². The van der Waals surface area contributed by atoms with Crippen molar-refractivity contribution >= 4 is 5.78 Å². The first-order valence-corrected chi connectivity index (χ1v) is 5.76. The average Bonchev–Trinajstić information content (AvgIpc) is 2.33. The SMILES string of the molecule is O=C1CCN(CCOc2ccccc2)CC1. The molecule has 1 aliphatic heterocycles. The summed E-state index contributed by atoms with van der Waals surface area (Å²) in [5.74, 6) is 1.30. The molecule has 3 nitrogen and oxygen atoms in total. The van der Waals surface area contributed by atoms with Crippen LogP contribution in [0.15, 0.2) is 30.3 Å². The van der Waals surface area contributed by atoms with E-state index in [9.17, 15) is 4.79 Å². The predicted molar refractivity (Wildman–Crippen MR) is 62.6 cm³/mol. The van der Waals surface area contributed by atoms with Gasteiger partial charge >= 0.3 is 0 Å². The van der Waals surface area contributed by atoms with Crippen LogP contribution >= 0.6 is 0 Å². The van der Waals surface area contributed by atoms with E-state index in [0.717, 1.165) is 25.4 Å². The van der Waals surface area contributed by atoms with Crippen LogP contribution in [0, 0.1) is 0 Å². The van der Waals surface area contributed by atoms with Gasteiger partial charge in [-0.3, -0.25) is 9.69 Å². The lowest BCUT2D eigenvalue weighted by Gasteiger charge is -2.25. The van der Waals surface area contributed by atoms with Gasteiger partial charge in [0.25, 0.3) is 0 Å². The van der Waals surface area contributed by atoms with Gasteiger partial charge in [0.1, 0.15) is 18.1 Å². The van der Waals surface area contributed by atoms with Crippen LogP contribution in [-0.4, -0.2) is 36.9 Å². The van der Waals surface area contributed by atoms with Crippen molar-refractivity contribution in [2.45, 2.75) is 12.8 Å². The average molecular weight is 219 g/mol. The number of ether oxygens (including phenoxy) is 1. The fraction of sp³-hybridized carbons (Fsp3) is 0.462. The van der Waals surface area contributed by atoms with Crippen molar-refractivity contribution in [2.75, 3.05) is 26.2 Å². The summed E-state index contributed by atoms with van der Waals surface area (Å²) in [5, 5.41) is 0. The van der Waals surface area contributed by atoms with Crippen LogP contribution in [0.5, 0.6) is 5.75 Å². The van der Waals surface area contributed by atoms with Gasteiger partial charge in [-0.15, -0.1) is 0 Å². The van der Waals surface area contributed by atoms with E-state index in [1.807, 2.05) is 30.3 Å². The number of rotatable bonds is 4. The van der Waals surface area contributed by atoms with Gasteiger partial charge < -0.3 is 4.74 Å². The number of Topliss-reactive ketones (excluding diaryl/α,β-unsaturated/α-hetero) is 1. The standard InChI is InChI=1S/C13H17NO2/c15-12-6-8-14(9-7-12)10-11-16-13-4-2-1-3-5-13/h1-5H,6-11H2. The van der Waals surface area contributed by atoms with Gasteiger partial charge in [0.05, 0.1) is 0 Å². The Bertz CT molecular complexity index is 327. The molecule has 0 bridgehead atoms. The summed E-state index contributed by atoms with van der Waals surface area (Å²) < 4.78 is 5.61. The predicted octanol–water partition coefficient (Wildman–Crippen LogP) is 1.73. The van der Waals surface area contributed by atoms with Crippen LogP contribution < -0.4 is 4.74 Å². The number of piperidine rings is 1. The maximum Gasteiger partial charge on any atom is 0.135 e. The Labute approximate surface area is 96.0 Å². The fourth-order valence-electron chi connectivity index (χ4n) is 1.84. The summed E-state index contributed by atoms with van der Waals surface area (Å²) in [6, 6.07) is 9.83. The summed E-state index contributed by atoms with van der Waals surface area (Å²) in [5.41, 5.74) is 0. The van der Waals surface area contributed by atoms with E-state index < -0.39 is 0 Å². The summed E-state index contributed by atoms with van der Waals surface area (Å²) in [4.78, 5) is 13.3. The molecule has 0 amide bonds. The minimum absolute atomic E-state index is 0.389. The molecule has 0 aliphatic carbocycles. The number of ketones is 1. The van der Waals surface area contributed by atoms with Crippen molar-refractivity contribution in [3.8, 4) is 5.75 Å². The fourth-order valence-corrected chi connectivity index (χ4v) is 1.84. The second-order valence-corrected chi connectivity index (χ2v) is 4.04. The molecule has 0 unspecified atom stereocenters. The number of hydrogen-bond donors (Lipinski definition) is 0. The quantitative estimate of drug-likeness (QED) is 0.772. The molecule has 1 aromatic carbocycles. The van der Waals surface area contributed by atoms with E-state index in [-0.39, 0.29) is 0 Å². The van der Waals surface area contributed by atoms with E-state index in [2.05, 4.69) is 4.90 Å². The van der Waals surface area contributed by atoms with E-state index in [0.29, 0.717) is 25.2 Å². The largest absolute Gasteiger partial charge is 0.492 e. The maximum atomic E-state index is 11.0. The highest BCUT2D eigenvalue weighted by Gasteiger charge is 2.15. The highest BCUT2D eigenvalue weighted by atomic mass is 16.5. The van der Waals surface area contributed by atoms with Gasteiger partial charge in [0.2, 0.25) is 0 Å². The number of nitrogens with zero attached hydrogens (tertiary/aromatic N) is 1. The third-order valence-corrected chi connectivity index (χ3v) is 2.83. The lowest BCUT2D eigenvalue weighted by atomic mass is 10.1. The molecule has 1 aromatic rings. The van der Waals surface area contributed by atoms with Crippen LogP contribution in [0.4, 0.5) is 0 Å². The third-order valence-electron chi connectivity index (χ3n) is 2.83. The van der Waals surface area contributed by atoms with E-state index in [4.69, 9.17) is 4.74 Å². The minimum Gasteiger partial charge on any atom is -0.492 e. The molecule has 0 aromatic heterocycles. The molecular weight excluding hydrogens is 202 g/mol. The van der Waals surface area contributed by atoms with Crippen LogP contribution in [0.3, 0.4) is 0 Å². The molecule has 3 heteroatoms. The van der Waals surface area contributed by atoms with Crippen molar-refractivity contribution in [2.24, 2.45) is 0 Å². The Morgan fingerprint density at radius 2 is 1.81 bits per heavy atom. The lowest BCUT2D eigenvalue weighted by Crippen LogP contribution is -2.36. The molecule has 16 heavy (non-hydrogen) atoms. The molecule has 0 saturated carbocycles. The first kappa shape index (κ1) is 11.1. The second-order valence-electron chi connectivity index (χ2n) is 4.04. The van der Waals surface area contributed by atoms with Gasteiger partial charge in [-0.25, -0.2) is 0 Å². The van der Waals surface area contributed by atoms with Gasteiger partial charge in [-0.2, -0.15) is 0 Å². The van der Waals surface area contributed by atoms with E-state index in [1.165, 1.54) is 0 Å². The normalized spacial score (nSPS) is 17.4. The Balaban J connectivity index is 1.67. The minimum atomic E-state index is 0.389. The third kappa shape index (κ3) is 3.35. The van der Waals surface area contributed by atoms with Crippen molar-refractivity contribution in [3.05, 3.63) is 30.3 Å². The lowest BCUT2D eigenvalue weighted by molar-refractivity contribution is -0.121. The molecule has 2 rings (SSSR count). The van der Waals surface area contributed by atoms with Crippen LogP contribution in [0.25, 0.3) is 0 Å². The number of likely N-dealkylation sites (tertiary alicyclic amines) is 1. The van der Waals surface area contributed by atoms with Crippen molar-refractivity contribution in [1.82, 2.24) is 4.90 Å². The van der Waals surface area contributed by atoms with Gasteiger partial charge in [0.15, 0.2) is 0 Å². The van der Waals surface area contributed by atoms with Crippen molar-refractivity contribution < 1.29 is 9.53 Å². The van der Waals surface area contributed by atoms with Gasteiger partial charge in [-0.05, 0) is 12.1 Å². The zero-order valence-corrected chi connectivity index (χ0v) is 9.39. The Hall–Kier alpha value is -1.35. The molecule has 86 valence electrons. The Kier molecular flexibility index (Phi) is 3.94. The summed E-state index contributed by atoms with van der Waals surface area (Å²) >= 11 is 0. The summed E-state index contributed by atoms with van der Waals surface area (Å²) in [6.45, 7) is 3.37. The smallest absolute Gasteiger partial charge is 0.135 e. The monoisotopic (exact) mass is 219 g/mol. The van der Waals surface area contributed by atoms with E-state index in [1.54, 1.807) is 0 Å². The summed E-state index contributed by atoms with van der Waals surface area (Å²) in [6.07, 6.45) is 1.40.